The SMILES string of the molecule is CC.CCc1nn(C(C)C)c(=O)c(-c2ccccc2C)c1O.[CH3-].[Y]. The van der Waals surface area contributed by atoms with Gasteiger partial charge in [-0.1, -0.05) is 45.0 Å². The van der Waals surface area contributed by atoms with Crippen molar-refractivity contribution in [3.8, 4) is 16.9 Å². The van der Waals surface area contributed by atoms with Crippen LogP contribution >= 0.6 is 0 Å². The summed E-state index contributed by atoms with van der Waals surface area (Å²) < 4.78 is 1.44. The first-order valence-electron chi connectivity index (χ1n) is 7.88. The minimum atomic E-state index is -0.246. The zero-order valence-electron chi connectivity index (χ0n) is 15.9. The Morgan fingerprint density at radius 2 is 1.75 bits per heavy atom. The second-order valence-corrected chi connectivity index (χ2v) is 5.18. The van der Waals surface area contributed by atoms with E-state index in [9.17, 15) is 9.90 Å². The third kappa shape index (κ3) is 5.25. The van der Waals surface area contributed by atoms with E-state index < -0.39 is 0 Å². The molecule has 1 radical (unpaired) electrons. The van der Waals surface area contributed by atoms with E-state index in [0.29, 0.717) is 17.7 Å². The monoisotopic (exact) mass is 406 g/mol. The number of hydrogen-bond donors (Lipinski definition) is 1. The van der Waals surface area contributed by atoms with Gasteiger partial charge in [-0.25, -0.2) is 4.68 Å². The van der Waals surface area contributed by atoms with Crippen LogP contribution in [0.4, 0.5) is 0 Å². The van der Waals surface area contributed by atoms with Crippen LogP contribution < -0.4 is 5.56 Å². The molecule has 1 aromatic carbocycles. The van der Waals surface area contributed by atoms with E-state index >= 15 is 0 Å². The average Bonchev–Trinajstić information content (AvgIpc) is 2.51. The molecule has 0 aliphatic rings. The molecule has 0 bridgehead atoms. The van der Waals surface area contributed by atoms with Crippen LogP contribution in [0.5, 0.6) is 5.75 Å². The van der Waals surface area contributed by atoms with Crippen molar-refractivity contribution in [2.45, 2.75) is 54.0 Å². The molecule has 0 amide bonds. The number of nitrogens with zero attached hydrogens (tertiary/aromatic N) is 2. The standard InChI is InChI=1S/C16H20N2O2.C2H6.CH3.Y/c1-5-13-15(19)14(12-9-7-6-8-11(12)4)16(20)18(17-13)10(2)3;1-2;;/h6-10,19H,5H2,1-4H3;1-2H3;1H3;/q;;-1;. The van der Waals surface area contributed by atoms with Crippen molar-refractivity contribution in [2.24, 2.45) is 0 Å². The summed E-state index contributed by atoms with van der Waals surface area (Å²) in [6, 6.07) is 7.53. The van der Waals surface area contributed by atoms with E-state index in [-0.39, 0.29) is 57.5 Å². The van der Waals surface area contributed by atoms with E-state index in [4.69, 9.17) is 0 Å². The average molecular weight is 406 g/mol. The maximum absolute atomic E-state index is 12.6. The summed E-state index contributed by atoms with van der Waals surface area (Å²) in [5.41, 5.74) is 2.38. The second kappa shape index (κ2) is 11.5. The molecule has 0 saturated carbocycles. The van der Waals surface area contributed by atoms with Crippen LogP contribution in [0, 0.1) is 14.4 Å². The van der Waals surface area contributed by atoms with E-state index in [2.05, 4.69) is 5.10 Å². The van der Waals surface area contributed by atoms with E-state index in [1.807, 2.05) is 65.8 Å². The first kappa shape index (κ1) is 25.2. The second-order valence-electron chi connectivity index (χ2n) is 5.18. The zero-order valence-corrected chi connectivity index (χ0v) is 18.8. The summed E-state index contributed by atoms with van der Waals surface area (Å²) in [6.07, 6.45) is 0.581. The molecule has 0 unspecified atom stereocenters. The molecule has 4 nitrogen and oxygen atoms in total. The number of hydrogen-bond acceptors (Lipinski definition) is 3. The third-order valence-electron chi connectivity index (χ3n) is 3.40. The Labute approximate surface area is 171 Å². The fourth-order valence-electron chi connectivity index (χ4n) is 2.27. The predicted molar refractivity (Wildman–Crippen MR) is 97.9 cm³/mol. The maximum Gasteiger partial charge on any atom is 0.278 e. The van der Waals surface area contributed by atoms with Gasteiger partial charge in [0.15, 0.2) is 5.75 Å². The smallest absolute Gasteiger partial charge is 0.278 e. The van der Waals surface area contributed by atoms with Crippen molar-refractivity contribution in [2.75, 3.05) is 0 Å². The summed E-state index contributed by atoms with van der Waals surface area (Å²) in [4.78, 5) is 12.6. The van der Waals surface area contributed by atoms with Gasteiger partial charge in [-0.2, -0.15) is 5.10 Å². The molecular weight excluding hydrogens is 377 g/mol. The molecule has 0 fully saturated rings. The molecule has 131 valence electrons. The Kier molecular flexibility index (Phi) is 12.1. The number of benzene rings is 1. The molecule has 1 heterocycles. The van der Waals surface area contributed by atoms with Crippen LogP contribution in [-0.4, -0.2) is 14.9 Å². The molecular formula is C19H29N2O2Y-. The summed E-state index contributed by atoms with van der Waals surface area (Å²) >= 11 is 0. The molecule has 5 heteroatoms. The number of rotatable bonds is 3. The van der Waals surface area contributed by atoms with Crippen LogP contribution in [0.25, 0.3) is 11.1 Å². The van der Waals surface area contributed by atoms with Gasteiger partial charge in [-0.3, -0.25) is 4.79 Å². The van der Waals surface area contributed by atoms with Crippen LogP contribution in [0.2, 0.25) is 0 Å². The van der Waals surface area contributed by atoms with Gasteiger partial charge in [0.2, 0.25) is 0 Å². The van der Waals surface area contributed by atoms with Crippen LogP contribution in [-0.2, 0) is 39.1 Å². The van der Waals surface area contributed by atoms with Crippen LogP contribution in [0.3, 0.4) is 0 Å². The summed E-state index contributed by atoms with van der Waals surface area (Å²) in [7, 11) is 0. The van der Waals surface area contributed by atoms with Gasteiger partial charge < -0.3 is 12.5 Å². The molecule has 0 aliphatic heterocycles. The van der Waals surface area contributed by atoms with Gasteiger partial charge in [0.25, 0.3) is 5.56 Å². The van der Waals surface area contributed by atoms with Crippen molar-refractivity contribution in [3.05, 3.63) is 53.3 Å². The quantitative estimate of drug-likeness (QED) is 0.762. The largest absolute Gasteiger partial charge is 0.505 e. The zero-order chi connectivity index (χ0) is 16.9. The van der Waals surface area contributed by atoms with Crippen LogP contribution in [0.15, 0.2) is 29.1 Å². The predicted octanol–water partition coefficient (Wildman–Crippen LogP) is 4.54. The minimum absolute atomic E-state index is 0. The molecule has 0 saturated heterocycles. The molecule has 0 spiro atoms. The topological polar surface area (TPSA) is 55.1 Å². The molecule has 1 aromatic heterocycles. The molecule has 0 atom stereocenters. The van der Waals surface area contributed by atoms with E-state index in [1.165, 1.54) is 4.68 Å². The Morgan fingerprint density at radius 3 is 2.21 bits per heavy atom. The van der Waals surface area contributed by atoms with Crippen molar-refractivity contribution in [1.82, 2.24) is 9.78 Å². The molecule has 0 aliphatic carbocycles. The summed E-state index contributed by atoms with van der Waals surface area (Å²) in [5, 5.41) is 14.6. The minimum Gasteiger partial charge on any atom is -0.505 e. The van der Waals surface area contributed by atoms with E-state index in [0.717, 1.165) is 11.1 Å². The van der Waals surface area contributed by atoms with Gasteiger partial charge in [0.05, 0.1) is 11.6 Å². The van der Waals surface area contributed by atoms with Gasteiger partial charge in [0, 0.05) is 32.7 Å². The molecule has 1 N–H and O–H groups in total. The Hall–Kier alpha value is -0.996. The van der Waals surface area contributed by atoms with Gasteiger partial charge >= 0.3 is 0 Å². The van der Waals surface area contributed by atoms with Crippen LogP contribution in [0.1, 0.15) is 51.9 Å². The summed E-state index contributed by atoms with van der Waals surface area (Å²) in [5.74, 6) is 0.00343. The maximum atomic E-state index is 12.6. The van der Waals surface area contributed by atoms with Gasteiger partial charge in [-0.05, 0) is 38.3 Å². The van der Waals surface area contributed by atoms with E-state index in [1.54, 1.807) is 0 Å². The molecule has 2 rings (SSSR count). The summed E-state index contributed by atoms with van der Waals surface area (Å²) in [6.45, 7) is 11.7. The number of aryl methyl sites for hydroxylation is 2. The Bertz CT molecular complexity index is 694. The number of aromatic nitrogens is 2. The van der Waals surface area contributed by atoms with Crippen molar-refractivity contribution >= 4 is 0 Å². The Morgan fingerprint density at radius 1 is 1.21 bits per heavy atom. The number of aromatic hydroxyl groups is 1. The van der Waals surface area contributed by atoms with Crippen molar-refractivity contribution in [1.29, 1.82) is 0 Å². The fourth-order valence-corrected chi connectivity index (χ4v) is 2.27. The first-order chi connectivity index (χ1) is 10.5. The first-order valence-corrected chi connectivity index (χ1v) is 7.88. The molecule has 24 heavy (non-hydrogen) atoms. The fraction of sp³-hybridized carbons (Fsp3) is 0.421. The Balaban J connectivity index is 0. The molecule has 2 aromatic rings. The third-order valence-corrected chi connectivity index (χ3v) is 3.40. The van der Waals surface area contributed by atoms with Gasteiger partial charge in [0.1, 0.15) is 5.69 Å². The normalized spacial score (nSPS) is 9.46. The van der Waals surface area contributed by atoms with Crippen molar-refractivity contribution < 1.29 is 37.8 Å². The van der Waals surface area contributed by atoms with Gasteiger partial charge in [-0.15, -0.1) is 0 Å². The van der Waals surface area contributed by atoms with Crippen molar-refractivity contribution in [3.63, 3.8) is 0 Å².